The van der Waals surface area contributed by atoms with Gasteiger partial charge in [-0.2, -0.15) is 0 Å². The lowest BCUT2D eigenvalue weighted by Crippen LogP contribution is -2.48. The fourth-order valence-corrected chi connectivity index (χ4v) is 2.90. The van der Waals surface area contributed by atoms with Crippen LogP contribution in [0.3, 0.4) is 0 Å². The molecular formula is C19H30N2O3. The smallest absolute Gasteiger partial charge is 0.220 e. The van der Waals surface area contributed by atoms with Gasteiger partial charge in [-0.05, 0) is 56.0 Å². The number of carbonyl (C=O) groups excluding carboxylic acids is 1. The third-order valence-corrected chi connectivity index (χ3v) is 4.47. The summed E-state index contributed by atoms with van der Waals surface area (Å²) in [6.07, 6.45) is 3.17. The van der Waals surface area contributed by atoms with Crippen molar-refractivity contribution in [1.29, 1.82) is 0 Å². The first-order valence-corrected chi connectivity index (χ1v) is 8.90. The van der Waals surface area contributed by atoms with Crippen LogP contribution in [-0.4, -0.2) is 45.4 Å². The molecule has 1 saturated heterocycles. The van der Waals surface area contributed by atoms with Crippen LogP contribution in [0.1, 0.15) is 31.7 Å². The van der Waals surface area contributed by atoms with Crippen LogP contribution in [0, 0.1) is 5.92 Å². The van der Waals surface area contributed by atoms with Crippen LogP contribution in [0.4, 0.5) is 0 Å². The van der Waals surface area contributed by atoms with Gasteiger partial charge in [-0.3, -0.25) is 4.79 Å². The highest BCUT2D eigenvalue weighted by Crippen LogP contribution is 2.14. The highest BCUT2D eigenvalue weighted by Gasteiger charge is 2.22. The first-order valence-electron chi connectivity index (χ1n) is 8.90. The number of methoxy groups -OCH3 is 1. The Hall–Kier alpha value is -1.59. The molecule has 0 radical (unpaired) electrons. The lowest BCUT2D eigenvalue weighted by molar-refractivity contribution is -0.122. The summed E-state index contributed by atoms with van der Waals surface area (Å²) in [6, 6.07) is 8.36. The minimum atomic E-state index is 0.132. The van der Waals surface area contributed by atoms with E-state index in [2.05, 4.69) is 29.7 Å². The van der Waals surface area contributed by atoms with Crippen LogP contribution in [0.25, 0.3) is 0 Å². The van der Waals surface area contributed by atoms with E-state index in [1.54, 1.807) is 7.11 Å². The molecule has 5 heteroatoms. The van der Waals surface area contributed by atoms with Crippen LogP contribution in [0.2, 0.25) is 0 Å². The van der Waals surface area contributed by atoms with E-state index < -0.39 is 0 Å². The van der Waals surface area contributed by atoms with Crippen LogP contribution in [0.15, 0.2) is 24.3 Å². The van der Waals surface area contributed by atoms with Crippen molar-refractivity contribution in [2.24, 2.45) is 5.92 Å². The van der Waals surface area contributed by atoms with Crippen molar-refractivity contribution in [3.8, 4) is 5.75 Å². The summed E-state index contributed by atoms with van der Waals surface area (Å²) < 4.78 is 10.8. The quantitative estimate of drug-likeness (QED) is 0.680. The number of nitrogens with one attached hydrogen (secondary N) is 2. The van der Waals surface area contributed by atoms with Gasteiger partial charge in [0.1, 0.15) is 5.75 Å². The van der Waals surface area contributed by atoms with E-state index >= 15 is 0 Å². The maximum absolute atomic E-state index is 12.0. The third-order valence-electron chi connectivity index (χ3n) is 4.47. The largest absolute Gasteiger partial charge is 0.494 e. The number of piperidine rings is 1. The Balaban J connectivity index is 1.60. The fourth-order valence-electron chi connectivity index (χ4n) is 2.90. The standard InChI is InChI=1S/C19H30N2O3/c1-15-14-20-11-9-18(15)21-19(22)4-3-12-24-17-7-5-16(6-8-17)10-13-23-2/h5-8,15,18,20H,3-4,9-14H2,1-2H3,(H,21,22). The van der Waals surface area contributed by atoms with Gasteiger partial charge in [-0.15, -0.1) is 0 Å². The van der Waals surface area contributed by atoms with Crippen molar-refractivity contribution in [1.82, 2.24) is 10.6 Å². The molecule has 1 fully saturated rings. The van der Waals surface area contributed by atoms with Crippen molar-refractivity contribution in [2.75, 3.05) is 33.4 Å². The SMILES string of the molecule is COCCc1ccc(OCCCC(=O)NC2CCNCC2C)cc1. The maximum Gasteiger partial charge on any atom is 0.220 e. The zero-order chi connectivity index (χ0) is 17.2. The van der Waals surface area contributed by atoms with Crippen molar-refractivity contribution in [3.63, 3.8) is 0 Å². The van der Waals surface area contributed by atoms with Crippen LogP contribution in [0.5, 0.6) is 5.75 Å². The molecule has 2 rings (SSSR count). The zero-order valence-corrected chi connectivity index (χ0v) is 14.8. The van der Waals surface area contributed by atoms with Crippen LogP contribution >= 0.6 is 0 Å². The average Bonchev–Trinajstić information content (AvgIpc) is 2.60. The molecule has 0 bridgehead atoms. The molecule has 134 valence electrons. The molecule has 0 aromatic heterocycles. The second kappa shape index (κ2) is 10.3. The van der Waals surface area contributed by atoms with Gasteiger partial charge < -0.3 is 20.1 Å². The number of rotatable bonds is 9. The van der Waals surface area contributed by atoms with Gasteiger partial charge in [-0.25, -0.2) is 0 Å². The summed E-state index contributed by atoms with van der Waals surface area (Å²) in [6.45, 7) is 5.43. The molecule has 1 aromatic carbocycles. The van der Waals surface area contributed by atoms with E-state index in [-0.39, 0.29) is 5.91 Å². The Morgan fingerprint density at radius 3 is 2.79 bits per heavy atom. The lowest BCUT2D eigenvalue weighted by Gasteiger charge is -2.30. The molecule has 5 nitrogen and oxygen atoms in total. The molecule has 1 aliphatic rings. The molecule has 1 amide bonds. The van der Waals surface area contributed by atoms with E-state index in [1.165, 1.54) is 5.56 Å². The number of hydrogen-bond acceptors (Lipinski definition) is 4. The number of ether oxygens (including phenoxy) is 2. The normalized spacial score (nSPS) is 20.6. The van der Waals surface area contributed by atoms with Gasteiger partial charge >= 0.3 is 0 Å². The summed E-state index contributed by atoms with van der Waals surface area (Å²) in [4.78, 5) is 12.0. The number of amides is 1. The number of hydrogen-bond donors (Lipinski definition) is 2. The second-order valence-corrected chi connectivity index (χ2v) is 6.48. The van der Waals surface area contributed by atoms with E-state index in [0.717, 1.165) is 44.7 Å². The lowest BCUT2D eigenvalue weighted by atomic mass is 9.95. The summed E-state index contributed by atoms with van der Waals surface area (Å²) >= 11 is 0. The predicted octanol–water partition coefficient (Wildman–Crippen LogP) is 2.15. The first kappa shape index (κ1) is 18.7. The summed E-state index contributed by atoms with van der Waals surface area (Å²) in [5.41, 5.74) is 1.24. The van der Waals surface area contributed by atoms with Crippen molar-refractivity contribution >= 4 is 5.91 Å². The predicted molar refractivity (Wildman–Crippen MR) is 95.3 cm³/mol. The molecule has 1 aliphatic heterocycles. The van der Waals surface area contributed by atoms with Crippen molar-refractivity contribution in [2.45, 2.75) is 38.6 Å². The highest BCUT2D eigenvalue weighted by molar-refractivity contribution is 5.76. The highest BCUT2D eigenvalue weighted by atomic mass is 16.5. The summed E-state index contributed by atoms with van der Waals surface area (Å²) in [5, 5.41) is 6.49. The molecule has 0 spiro atoms. The van der Waals surface area contributed by atoms with Gasteiger partial charge in [-0.1, -0.05) is 19.1 Å². The molecule has 0 saturated carbocycles. The van der Waals surface area contributed by atoms with Crippen molar-refractivity contribution < 1.29 is 14.3 Å². The van der Waals surface area contributed by atoms with Crippen molar-refractivity contribution in [3.05, 3.63) is 29.8 Å². The minimum Gasteiger partial charge on any atom is -0.494 e. The molecule has 1 aromatic rings. The van der Waals surface area contributed by atoms with E-state index in [9.17, 15) is 4.79 Å². The Bertz CT molecular complexity index is 490. The Kier molecular flexibility index (Phi) is 8.05. The molecule has 0 aliphatic carbocycles. The number of benzene rings is 1. The Morgan fingerprint density at radius 2 is 2.08 bits per heavy atom. The van der Waals surface area contributed by atoms with E-state index in [4.69, 9.17) is 9.47 Å². The average molecular weight is 334 g/mol. The maximum atomic E-state index is 12.0. The molecule has 2 atom stereocenters. The van der Waals surface area contributed by atoms with Gasteiger partial charge in [0, 0.05) is 19.6 Å². The van der Waals surface area contributed by atoms with Gasteiger partial charge in [0.05, 0.1) is 13.2 Å². The Morgan fingerprint density at radius 1 is 1.29 bits per heavy atom. The summed E-state index contributed by atoms with van der Waals surface area (Å²) in [7, 11) is 1.71. The summed E-state index contributed by atoms with van der Waals surface area (Å²) in [5.74, 6) is 1.48. The molecular weight excluding hydrogens is 304 g/mol. The monoisotopic (exact) mass is 334 g/mol. The molecule has 1 heterocycles. The minimum absolute atomic E-state index is 0.132. The molecule has 24 heavy (non-hydrogen) atoms. The van der Waals surface area contributed by atoms with E-state index in [0.29, 0.717) is 25.0 Å². The second-order valence-electron chi connectivity index (χ2n) is 6.48. The van der Waals surface area contributed by atoms with Crippen LogP contribution in [-0.2, 0) is 16.0 Å². The van der Waals surface area contributed by atoms with Crippen LogP contribution < -0.4 is 15.4 Å². The fraction of sp³-hybridized carbons (Fsp3) is 0.632. The van der Waals surface area contributed by atoms with Gasteiger partial charge in [0.15, 0.2) is 0 Å². The topological polar surface area (TPSA) is 59.6 Å². The number of carbonyl (C=O) groups is 1. The van der Waals surface area contributed by atoms with Gasteiger partial charge in [0.2, 0.25) is 5.91 Å². The first-order chi connectivity index (χ1) is 11.7. The van der Waals surface area contributed by atoms with Gasteiger partial charge in [0.25, 0.3) is 0 Å². The third kappa shape index (κ3) is 6.49. The molecule has 2 unspecified atom stereocenters. The Labute approximate surface area is 145 Å². The van der Waals surface area contributed by atoms with E-state index in [1.807, 2.05) is 12.1 Å². The zero-order valence-electron chi connectivity index (χ0n) is 14.8. The molecule has 2 N–H and O–H groups in total.